The summed E-state index contributed by atoms with van der Waals surface area (Å²) in [5, 5.41) is 11.5. The first-order chi connectivity index (χ1) is 17.9. The van der Waals surface area contributed by atoms with E-state index in [9.17, 15) is 22.8 Å². The van der Waals surface area contributed by atoms with Crippen LogP contribution in [0.15, 0.2) is 40.1 Å². The number of anilines is 1. The number of nitrogens with zero attached hydrogens (tertiary/aromatic N) is 5. The fourth-order valence-electron chi connectivity index (χ4n) is 3.67. The fraction of sp³-hybridized carbons (Fsp3) is 0.417. The third-order valence-corrected chi connectivity index (χ3v) is 7.23. The first-order valence-corrected chi connectivity index (χ1v) is 16.1. The maximum absolute atomic E-state index is 13.5. The van der Waals surface area contributed by atoms with Crippen LogP contribution < -0.4 is 5.32 Å². The number of hydrogen-bond acceptors (Lipinski definition) is 5. The van der Waals surface area contributed by atoms with Crippen LogP contribution in [-0.4, -0.2) is 45.0 Å². The summed E-state index contributed by atoms with van der Waals surface area (Å²) in [6.45, 7) is 8.88. The Kier molecular flexibility index (Phi) is 12.5. The van der Waals surface area contributed by atoms with E-state index in [0.29, 0.717) is 48.6 Å². The summed E-state index contributed by atoms with van der Waals surface area (Å²) in [6, 6.07) is 5.34. The number of fused-ring (bicyclic) bond motifs is 1. The Balaban J connectivity index is 0.00000118. The van der Waals surface area contributed by atoms with Crippen LogP contribution in [0.1, 0.15) is 50.1 Å². The van der Waals surface area contributed by atoms with Crippen molar-refractivity contribution in [3.63, 3.8) is 0 Å². The Morgan fingerprint density at radius 1 is 1.32 bits per heavy atom. The van der Waals surface area contributed by atoms with E-state index in [0.717, 1.165) is 17.7 Å². The molecule has 1 atom stereocenters. The van der Waals surface area contributed by atoms with Crippen LogP contribution in [0.25, 0.3) is 0 Å². The van der Waals surface area contributed by atoms with Crippen LogP contribution in [0, 0.1) is 5.92 Å². The van der Waals surface area contributed by atoms with Gasteiger partial charge < -0.3 is 10.2 Å². The number of alkyl halides is 3. The molecule has 2 amide bonds. The molecule has 1 aromatic carbocycles. The summed E-state index contributed by atoms with van der Waals surface area (Å²) in [5.41, 5.74) is 1.34. The molecule has 0 aliphatic carbocycles. The van der Waals surface area contributed by atoms with Gasteiger partial charge >= 0.3 is 6.18 Å². The first-order valence-electron chi connectivity index (χ1n) is 11.6. The molecule has 0 radical (unpaired) electrons. The second kappa shape index (κ2) is 14.8. The zero-order valence-corrected chi connectivity index (χ0v) is 25.3. The predicted molar refractivity (Wildman–Crippen MR) is 154 cm³/mol. The Bertz CT molecular complexity index is 1170. The highest BCUT2D eigenvalue weighted by atomic mass is 127. The van der Waals surface area contributed by atoms with Crippen molar-refractivity contribution in [1.82, 2.24) is 19.5 Å². The van der Waals surface area contributed by atoms with E-state index < -0.39 is 11.7 Å². The lowest BCUT2D eigenvalue weighted by atomic mass is 10.0. The molecule has 14 heteroatoms. The monoisotopic (exact) mass is 684 g/mol. The molecule has 2 aromatic rings. The van der Waals surface area contributed by atoms with E-state index >= 15 is 0 Å². The van der Waals surface area contributed by atoms with Crippen LogP contribution >= 0.6 is 40.0 Å². The molecule has 0 bridgehead atoms. The van der Waals surface area contributed by atoms with E-state index in [4.69, 9.17) is 11.6 Å². The van der Waals surface area contributed by atoms with Gasteiger partial charge in [-0.3, -0.25) is 14.3 Å². The zero-order chi connectivity index (χ0) is 28.5. The van der Waals surface area contributed by atoms with Crippen molar-refractivity contribution in [2.75, 3.05) is 11.9 Å². The molecule has 1 aliphatic heterocycles. The van der Waals surface area contributed by atoms with Gasteiger partial charge in [0.15, 0.2) is 5.82 Å². The van der Waals surface area contributed by atoms with Crippen LogP contribution in [0.5, 0.6) is 0 Å². The Morgan fingerprint density at radius 3 is 2.53 bits per heavy atom. The minimum atomic E-state index is -4.49. The largest absolute Gasteiger partial charge is 0.416 e. The van der Waals surface area contributed by atoms with Crippen LogP contribution in [0.2, 0.25) is 0 Å². The number of benzene rings is 1. The number of rotatable bonds is 9. The molecular weight excluding hydrogens is 655 g/mol. The van der Waals surface area contributed by atoms with Gasteiger partial charge in [-0.2, -0.15) is 23.4 Å². The first kappa shape index (κ1) is 32.0. The molecule has 1 unspecified atom stereocenters. The Hall–Kier alpha value is -2.18. The molecule has 1 N–H and O–H groups in total. The Labute approximate surface area is 240 Å². The summed E-state index contributed by atoms with van der Waals surface area (Å²) >= 11 is 8.31. The topological polar surface area (TPSA) is 82.8 Å². The average Bonchev–Trinajstić information content (AvgIpc) is 3.17. The van der Waals surface area contributed by atoms with E-state index in [2.05, 4.69) is 36.3 Å². The van der Waals surface area contributed by atoms with Gasteiger partial charge in [-0.05, 0) is 46.5 Å². The lowest BCUT2D eigenvalue weighted by molar-refractivity contribution is -0.138. The summed E-state index contributed by atoms with van der Waals surface area (Å²) in [7, 11) is 0. The number of carbonyl (C=O) groups is 2. The molecule has 1 aromatic heterocycles. The number of hydrazone groups is 1. The summed E-state index contributed by atoms with van der Waals surface area (Å²) in [4.78, 5) is 24.1. The SMILES string of the molecule is C/C(Cl)=C(\C=N/N(C=O)PI)N1CCc2c(c(NC=O)nn2Cc2ccccc2C(F)(F)F)C1.CC(C)C. The van der Waals surface area contributed by atoms with Crippen molar-refractivity contribution in [2.24, 2.45) is 11.0 Å². The van der Waals surface area contributed by atoms with E-state index in [1.807, 2.05) is 26.9 Å². The molecule has 0 fully saturated rings. The third-order valence-electron chi connectivity index (χ3n) is 5.16. The van der Waals surface area contributed by atoms with Crippen molar-refractivity contribution < 1.29 is 22.8 Å². The normalized spacial score (nSPS) is 14.3. The number of hydrogen-bond donors (Lipinski definition) is 1. The van der Waals surface area contributed by atoms with E-state index in [1.165, 1.54) is 27.8 Å². The molecule has 1 aliphatic rings. The standard InChI is InChI=1S/C20H20ClF3IN6O2P.C4H10/c1-13(21)18(8-27-31(12-33)34-25)29-7-6-17-15(10-29)19(26-11-32)28-30(17)9-14-4-2-3-5-16(14)20(22,23)24;1-4(2)3/h2-5,8,11-12,34H,6-7,9-10H2,1H3,(H,26,28,32);4H,1-3H3/b18-13-,27-8-;. The number of allylic oxidation sites excluding steroid dienone is 2. The van der Waals surface area contributed by atoms with Crippen molar-refractivity contribution in [3.8, 4) is 0 Å². The average molecular weight is 685 g/mol. The van der Waals surface area contributed by atoms with Gasteiger partial charge in [-0.15, -0.1) is 0 Å². The van der Waals surface area contributed by atoms with E-state index in [-0.39, 0.29) is 24.3 Å². The number of carbonyl (C=O) groups excluding carboxylic acids is 2. The van der Waals surface area contributed by atoms with Gasteiger partial charge in [0.2, 0.25) is 12.8 Å². The predicted octanol–water partition coefficient (Wildman–Crippen LogP) is 6.40. The second-order valence-corrected chi connectivity index (χ2v) is 11.6. The highest BCUT2D eigenvalue weighted by Gasteiger charge is 2.34. The molecule has 0 saturated heterocycles. The molecule has 38 heavy (non-hydrogen) atoms. The molecule has 8 nitrogen and oxygen atoms in total. The second-order valence-electron chi connectivity index (χ2n) is 8.95. The lowest BCUT2D eigenvalue weighted by Crippen LogP contribution is -2.32. The third kappa shape index (κ3) is 8.94. The zero-order valence-electron chi connectivity index (χ0n) is 21.4. The van der Waals surface area contributed by atoms with Gasteiger partial charge in [0.05, 0.1) is 30.4 Å². The van der Waals surface area contributed by atoms with Gasteiger partial charge in [0.25, 0.3) is 0 Å². The summed E-state index contributed by atoms with van der Waals surface area (Å²) in [5.74, 6) is 1.10. The Morgan fingerprint density at radius 2 is 1.97 bits per heavy atom. The van der Waals surface area contributed by atoms with Crippen molar-refractivity contribution in [3.05, 3.63) is 57.4 Å². The maximum Gasteiger partial charge on any atom is 0.416 e. The summed E-state index contributed by atoms with van der Waals surface area (Å²) < 4.78 is 43.1. The maximum atomic E-state index is 13.5. The van der Waals surface area contributed by atoms with Gasteiger partial charge in [0.1, 0.15) is 0 Å². The van der Waals surface area contributed by atoms with Crippen molar-refractivity contribution in [2.45, 2.75) is 53.4 Å². The quantitative estimate of drug-likeness (QED) is 0.109. The molecular formula is C24H30ClF3IN6O2P. The number of aromatic nitrogens is 2. The highest BCUT2D eigenvalue weighted by Crippen LogP contribution is 2.34. The summed E-state index contributed by atoms with van der Waals surface area (Å²) in [6.07, 6.45) is -1.36. The number of halogens is 5. The molecule has 0 spiro atoms. The van der Waals surface area contributed by atoms with Gasteiger partial charge in [-0.1, -0.05) is 50.6 Å². The minimum Gasteiger partial charge on any atom is -0.364 e. The smallest absolute Gasteiger partial charge is 0.364 e. The molecule has 0 saturated carbocycles. The fourth-order valence-corrected chi connectivity index (χ4v) is 4.69. The van der Waals surface area contributed by atoms with Crippen LogP contribution in [0.3, 0.4) is 0 Å². The number of nitrogens with one attached hydrogen (secondary N) is 1. The van der Waals surface area contributed by atoms with Gasteiger partial charge in [0, 0.05) is 35.8 Å². The van der Waals surface area contributed by atoms with Crippen LogP contribution in [-0.2, 0) is 35.3 Å². The van der Waals surface area contributed by atoms with Crippen molar-refractivity contribution >= 4 is 64.9 Å². The highest BCUT2D eigenvalue weighted by molar-refractivity contribution is 14.2. The lowest BCUT2D eigenvalue weighted by Gasteiger charge is -2.30. The minimum absolute atomic E-state index is 0.0817. The van der Waals surface area contributed by atoms with Crippen LogP contribution in [0.4, 0.5) is 19.0 Å². The van der Waals surface area contributed by atoms with Crippen molar-refractivity contribution in [1.29, 1.82) is 0 Å². The molecule has 2 heterocycles. The molecule has 3 rings (SSSR count). The van der Waals surface area contributed by atoms with Gasteiger partial charge in [-0.25, -0.2) is 4.78 Å². The molecule has 208 valence electrons. The van der Waals surface area contributed by atoms with E-state index in [1.54, 1.807) is 13.0 Å². The number of amides is 2.